The van der Waals surface area contributed by atoms with Crippen LogP contribution in [0.15, 0.2) is 48.5 Å². The molecule has 2 aromatic rings. The molecule has 0 saturated heterocycles. The van der Waals surface area contributed by atoms with Gasteiger partial charge in [0.1, 0.15) is 0 Å². The predicted molar refractivity (Wildman–Crippen MR) is 98.4 cm³/mol. The van der Waals surface area contributed by atoms with Gasteiger partial charge in [0.25, 0.3) is 5.91 Å². The summed E-state index contributed by atoms with van der Waals surface area (Å²) in [6, 6.07) is 15.8. The molecule has 0 saturated carbocycles. The van der Waals surface area contributed by atoms with Crippen LogP contribution in [0.1, 0.15) is 45.8 Å². The number of hydrogen-bond acceptors (Lipinski definition) is 2. The first kappa shape index (κ1) is 17.2. The van der Waals surface area contributed by atoms with Gasteiger partial charge in [0.15, 0.2) is 0 Å². The Morgan fingerprint density at radius 1 is 1.12 bits per heavy atom. The quantitative estimate of drug-likeness (QED) is 0.912. The zero-order chi connectivity index (χ0) is 17.8. The van der Waals surface area contributed by atoms with Gasteiger partial charge < -0.3 is 10.2 Å². The molecule has 1 N–H and O–H groups in total. The van der Waals surface area contributed by atoms with Crippen molar-refractivity contribution in [1.82, 2.24) is 10.2 Å². The average molecular weight is 336 g/mol. The van der Waals surface area contributed by atoms with Gasteiger partial charge in [0.05, 0.1) is 0 Å². The van der Waals surface area contributed by atoms with E-state index in [1.165, 1.54) is 11.1 Å². The zero-order valence-electron chi connectivity index (χ0n) is 14.8. The van der Waals surface area contributed by atoms with Crippen molar-refractivity contribution in [3.8, 4) is 0 Å². The van der Waals surface area contributed by atoms with Gasteiger partial charge in [0, 0.05) is 32.6 Å². The number of hydrogen-bond donors (Lipinski definition) is 1. The van der Waals surface area contributed by atoms with Crippen LogP contribution in [-0.2, 0) is 17.8 Å². The minimum atomic E-state index is -0.0317. The molecule has 0 unspecified atom stereocenters. The first-order chi connectivity index (χ1) is 12.0. The number of benzene rings is 2. The van der Waals surface area contributed by atoms with Crippen LogP contribution in [0.25, 0.3) is 0 Å². The molecular weight excluding hydrogens is 312 g/mol. The fourth-order valence-electron chi connectivity index (χ4n) is 3.43. The number of fused-ring (bicyclic) bond motifs is 1. The van der Waals surface area contributed by atoms with Crippen LogP contribution in [0.5, 0.6) is 0 Å². The van der Waals surface area contributed by atoms with E-state index in [1.54, 1.807) is 25.1 Å². The number of carbonyl (C=O) groups excluding carboxylic acids is 2. The highest BCUT2D eigenvalue weighted by molar-refractivity contribution is 5.94. The molecule has 3 rings (SSSR count). The lowest BCUT2D eigenvalue weighted by atomic mass is 9.97. The molecule has 0 fully saturated rings. The van der Waals surface area contributed by atoms with E-state index in [-0.39, 0.29) is 11.8 Å². The van der Waals surface area contributed by atoms with Crippen molar-refractivity contribution in [3.63, 3.8) is 0 Å². The van der Waals surface area contributed by atoms with Crippen LogP contribution in [0.2, 0.25) is 0 Å². The van der Waals surface area contributed by atoms with Gasteiger partial charge in [-0.05, 0) is 47.6 Å². The van der Waals surface area contributed by atoms with Gasteiger partial charge >= 0.3 is 0 Å². The van der Waals surface area contributed by atoms with Crippen molar-refractivity contribution in [2.45, 2.75) is 31.7 Å². The van der Waals surface area contributed by atoms with Gasteiger partial charge in [-0.2, -0.15) is 0 Å². The summed E-state index contributed by atoms with van der Waals surface area (Å²) >= 11 is 0. The molecule has 1 aliphatic carbocycles. The summed E-state index contributed by atoms with van der Waals surface area (Å²) in [5.41, 5.74) is 4.26. The lowest BCUT2D eigenvalue weighted by molar-refractivity contribution is -0.121. The van der Waals surface area contributed by atoms with Crippen molar-refractivity contribution < 1.29 is 9.59 Å². The first-order valence-electron chi connectivity index (χ1n) is 8.69. The van der Waals surface area contributed by atoms with E-state index >= 15 is 0 Å². The number of rotatable bonds is 5. The number of aryl methyl sites for hydroxylation is 1. The normalized spacial score (nSPS) is 15.5. The Balaban J connectivity index is 1.57. The summed E-state index contributed by atoms with van der Waals surface area (Å²) < 4.78 is 0. The number of nitrogens with one attached hydrogen (secondary N) is 1. The van der Waals surface area contributed by atoms with E-state index in [9.17, 15) is 9.59 Å². The molecule has 25 heavy (non-hydrogen) atoms. The van der Waals surface area contributed by atoms with Crippen molar-refractivity contribution >= 4 is 11.8 Å². The molecule has 4 nitrogen and oxygen atoms in total. The zero-order valence-corrected chi connectivity index (χ0v) is 14.8. The minimum absolute atomic E-state index is 0.0317. The molecule has 0 radical (unpaired) electrons. The molecule has 0 spiro atoms. The van der Waals surface area contributed by atoms with E-state index in [1.807, 2.05) is 24.3 Å². The Morgan fingerprint density at radius 3 is 2.72 bits per heavy atom. The Morgan fingerprint density at radius 2 is 1.92 bits per heavy atom. The van der Waals surface area contributed by atoms with E-state index in [2.05, 4.69) is 23.5 Å². The number of nitrogens with zero attached hydrogens (tertiary/aromatic N) is 1. The van der Waals surface area contributed by atoms with Crippen LogP contribution in [0, 0.1) is 0 Å². The second-order valence-electron chi connectivity index (χ2n) is 6.82. The Hall–Kier alpha value is -2.62. The van der Waals surface area contributed by atoms with Gasteiger partial charge in [-0.25, -0.2) is 0 Å². The molecule has 130 valence electrons. The van der Waals surface area contributed by atoms with Gasteiger partial charge in [-0.1, -0.05) is 36.4 Å². The maximum Gasteiger partial charge on any atom is 0.253 e. The molecule has 2 amide bonds. The largest absolute Gasteiger partial charge is 0.352 e. The van der Waals surface area contributed by atoms with Gasteiger partial charge in [0.2, 0.25) is 5.91 Å². The number of amides is 2. The lowest BCUT2D eigenvalue weighted by Crippen LogP contribution is -2.25. The van der Waals surface area contributed by atoms with E-state index in [0.29, 0.717) is 24.4 Å². The van der Waals surface area contributed by atoms with E-state index in [4.69, 9.17) is 0 Å². The molecule has 0 aromatic heterocycles. The highest BCUT2D eigenvalue weighted by Crippen LogP contribution is 2.35. The van der Waals surface area contributed by atoms with Gasteiger partial charge in [-0.3, -0.25) is 9.59 Å². The van der Waals surface area contributed by atoms with Crippen molar-refractivity contribution in [2.75, 3.05) is 14.1 Å². The summed E-state index contributed by atoms with van der Waals surface area (Å²) in [7, 11) is 3.46. The van der Waals surface area contributed by atoms with Crippen LogP contribution in [0.3, 0.4) is 0 Å². The smallest absolute Gasteiger partial charge is 0.253 e. The Labute approximate surface area is 148 Å². The maximum absolute atomic E-state index is 12.3. The molecule has 0 bridgehead atoms. The average Bonchev–Trinajstić information content (AvgIpc) is 3.02. The SMILES string of the molecule is CN(C)C(=O)c1cccc(CNC(=O)C[C@H]2CCc3ccccc32)c1. The Bertz CT molecular complexity index is 783. The third-order valence-corrected chi connectivity index (χ3v) is 4.76. The fourth-order valence-corrected chi connectivity index (χ4v) is 3.43. The first-order valence-corrected chi connectivity index (χ1v) is 8.69. The summed E-state index contributed by atoms with van der Waals surface area (Å²) in [5, 5.41) is 2.99. The topological polar surface area (TPSA) is 49.4 Å². The lowest BCUT2D eigenvalue weighted by Gasteiger charge is -2.13. The molecule has 1 aliphatic rings. The third kappa shape index (κ3) is 4.08. The summed E-state index contributed by atoms with van der Waals surface area (Å²) in [4.78, 5) is 25.9. The molecule has 2 aromatic carbocycles. The van der Waals surface area contributed by atoms with Crippen LogP contribution in [0.4, 0.5) is 0 Å². The molecule has 4 heteroatoms. The number of carbonyl (C=O) groups is 2. The molecule has 1 atom stereocenters. The van der Waals surface area contributed by atoms with Crippen molar-refractivity contribution in [3.05, 3.63) is 70.8 Å². The highest BCUT2D eigenvalue weighted by Gasteiger charge is 2.24. The second kappa shape index (κ2) is 7.51. The Kier molecular flexibility index (Phi) is 5.17. The molecule has 0 heterocycles. The summed E-state index contributed by atoms with van der Waals surface area (Å²) in [6.45, 7) is 0.446. The molecular formula is C21H24N2O2. The van der Waals surface area contributed by atoms with Crippen molar-refractivity contribution in [1.29, 1.82) is 0 Å². The highest BCUT2D eigenvalue weighted by atomic mass is 16.2. The minimum Gasteiger partial charge on any atom is -0.352 e. The van der Waals surface area contributed by atoms with Crippen molar-refractivity contribution in [2.24, 2.45) is 0 Å². The standard InChI is InChI=1S/C21H24N2O2/c1-23(2)21(25)18-8-5-6-15(12-18)14-22-20(24)13-17-11-10-16-7-3-4-9-19(16)17/h3-9,12,17H,10-11,13-14H2,1-2H3,(H,22,24)/t17-/m1/s1. The second-order valence-corrected chi connectivity index (χ2v) is 6.82. The van der Waals surface area contributed by atoms with Crippen LogP contribution in [-0.4, -0.2) is 30.8 Å². The maximum atomic E-state index is 12.3. The van der Waals surface area contributed by atoms with Gasteiger partial charge in [-0.15, -0.1) is 0 Å². The van der Waals surface area contributed by atoms with E-state index in [0.717, 1.165) is 18.4 Å². The van der Waals surface area contributed by atoms with E-state index < -0.39 is 0 Å². The predicted octanol–water partition coefficient (Wildman–Crippen LogP) is 3.12. The molecule has 0 aliphatic heterocycles. The summed E-state index contributed by atoms with van der Waals surface area (Å²) in [5.74, 6) is 0.347. The van der Waals surface area contributed by atoms with Crippen LogP contribution >= 0.6 is 0 Å². The van der Waals surface area contributed by atoms with Crippen LogP contribution < -0.4 is 5.32 Å². The fraction of sp³-hybridized carbons (Fsp3) is 0.333. The summed E-state index contributed by atoms with van der Waals surface area (Å²) in [6.07, 6.45) is 2.62. The monoisotopic (exact) mass is 336 g/mol. The third-order valence-electron chi connectivity index (χ3n) is 4.76.